The first-order valence-corrected chi connectivity index (χ1v) is 5.52. The van der Waals surface area contributed by atoms with Crippen LogP contribution in [0.15, 0.2) is 48.8 Å². The average molecular weight is 233 g/mol. The highest BCUT2D eigenvalue weighted by Gasteiger charge is 2.14. The third-order valence-corrected chi connectivity index (χ3v) is 2.85. The van der Waals surface area contributed by atoms with Crippen LogP contribution in [0.2, 0.25) is 5.02 Å². The van der Waals surface area contributed by atoms with Crippen molar-refractivity contribution in [3.63, 3.8) is 0 Å². The molecule has 0 aliphatic heterocycles. The van der Waals surface area contributed by atoms with Gasteiger partial charge >= 0.3 is 0 Å². The van der Waals surface area contributed by atoms with Gasteiger partial charge in [0.2, 0.25) is 0 Å². The van der Waals surface area contributed by atoms with Crippen molar-refractivity contribution < 1.29 is 0 Å². The Morgan fingerprint density at radius 3 is 2.56 bits per heavy atom. The first-order chi connectivity index (χ1) is 7.83. The molecule has 1 aromatic heterocycles. The standard InChI is InChI=1S/C13H13ClN2/c1-15-13(10-5-3-2-4-6-10)11-7-8-16-9-12(11)14/h2-9,13,15H,1H3. The zero-order valence-electron chi connectivity index (χ0n) is 9.02. The van der Waals surface area contributed by atoms with Gasteiger partial charge in [-0.2, -0.15) is 0 Å². The highest BCUT2D eigenvalue weighted by atomic mass is 35.5. The van der Waals surface area contributed by atoms with E-state index >= 15 is 0 Å². The smallest absolute Gasteiger partial charge is 0.0640 e. The minimum Gasteiger partial charge on any atom is -0.309 e. The van der Waals surface area contributed by atoms with Crippen LogP contribution in [0.4, 0.5) is 0 Å². The van der Waals surface area contributed by atoms with Gasteiger partial charge in [0.05, 0.1) is 11.1 Å². The van der Waals surface area contributed by atoms with E-state index in [0.717, 1.165) is 5.56 Å². The number of rotatable bonds is 3. The maximum absolute atomic E-state index is 6.15. The molecule has 0 saturated carbocycles. The van der Waals surface area contributed by atoms with Crippen LogP contribution in [0.5, 0.6) is 0 Å². The third-order valence-electron chi connectivity index (χ3n) is 2.54. The molecule has 2 rings (SSSR count). The van der Waals surface area contributed by atoms with Gasteiger partial charge in [-0.25, -0.2) is 0 Å². The zero-order chi connectivity index (χ0) is 11.4. The fourth-order valence-corrected chi connectivity index (χ4v) is 2.00. The summed E-state index contributed by atoms with van der Waals surface area (Å²) in [4.78, 5) is 4.00. The van der Waals surface area contributed by atoms with Crippen LogP contribution in [-0.2, 0) is 0 Å². The van der Waals surface area contributed by atoms with E-state index in [1.165, 1.54) is 5.56 Å². The number of halogens is 1. The molecule has 82 valence electrons. The number of hydrogen-bond donors (Lipinski definition) is 1. The second-order valence-corrected chi connectivity index (χ2v) is 3.94. The summed E-state index contributed by atoms with van der Waals surface area (Å²) in [5, 5.41) is 3.95. The fraction of sp³-hybridized carbons (Fsp3) is 0.154. The van der Waals surface area contributed by atoms with Crippen molar-refractivity contribution in [3.05, 3.63) is 64.9 Å². The molecule has 1 unspecified atom stereocenters. The van der Waals surface area contributed by atoms with Crippen molar-refractivity contribution in [1.29, 1.82) is 0 Å². The quantitative estimate of drug-likeness (QED) is 0.880. The van der Waals surface area contributed by atoms with Crippen molar-refractivity contribution in [2.45, 2.75) is 6.04 Å². The number of nitrogens with zero attached hydrogens (tertiary/aromatic N) is 1. The summed E-state index contributed by atoms with van der Waals surface area (Å²) in [6.07, 6.45) is 3.43. The van der Waals surface area contributed by atoms with E-state index in [0.29, 0.717) is 5.02 Å². The van der Waals surface area contributed by atoms with Gasteiger partial charge in [0.1, 0.15) is 0 Å². The Bertz CT molecular complexity index is 456. The summed E-state index contributed by atoms with van der Waals surface area (Å²) in [6, 6.07) is 12.3. The summed E-state index contributed by atoms with van der Waals surface area (Å²) in [5.74, 6) is 0. The van der Waals surface area contributed by atoms with Gasteiger partial charge < -0.3 is 5.32 Å². The Kier molecular flexibility index (Phi) is 3.54. The Morgan fingerprint density at radius 2 is 1.94 bits per heavy atom. The van der Waals surface area contributed by atoms with Crippen molar-refractivity contribution in [3.8, 4) is 0 Å². The van der Waals surface area contributed by atoms with Gasteiger partial charge in [0.15, 0.2) is 0 Å². The highest BCUT2D eigenvalue weighted by Crippen LogP contribution is 2.26. The van der Waals surface area contributed by atoms with E-state index in [1.54, 1.807) is 12.4 Å². The summed E-state index contributed by atoms with van der Waals surface area (Å²) in [6.45, 7) is 0. The van der Waals surface area contributed by atoms with Gasteiger partial charge in [0, 0.05) is 12.4 Å². The molecule has 0 bridgehead atoms. The summed E-state index contributed by atoms with van der Waals surface area (Å²) >= 11 is 6.15. The Morgan fingerprint density at radius 1 is 1.19 bits per heavy atom. The molecule has 1 atom stereocenters. The molecule has 2 aromatic rings. The molecule has 1 aromatic carbocycles. The lowest BCUT2D eigenvalue weighted by Gasteiger charge is -2.18. The van der Waals surface area contributed by atoms with Gasteiger partial charge in [-0.05, 0) is 24.2 Å². The molecular formula is C13H13ClN2. The minimum absolute atomic E-state index is 0.108. The van der Waals surface area contributed by atoms with Crippen molar-refractivity contribution in [2.75, 3.05) is 7.05 Å². The van der Waals surface area contributed by atoms with Gasteiger partial charge in [0.25, 0.3) is 0 Å². The first-order valence-electron chi connectivity index (χ1n) is 5.14. The minimum atomic E-state index is 0.108. The topological polar surface area (TPSA) is 24.9 Å². The first kappa shape index (κ1) is 11.1. The van der Waals surface area contributed by atoms with Crippen LogP contribution in [0.3, 0.4) is 0 Å². The number of pyridine rings is 1. The fourth-order valence-electron chi connectivity index (χ4n) is 1.77. The molecule has 3 heteroatoms. The van der Waals surface area contributed by atoms with Crippen molar-refractivity contribution in [1.82, 2.24) is 10.3 Å². The van der Waals surface area contributed by atoms with Gasteiger partial charge in [-0.15, -0.1) is 0 Å². The Balaban J connectivity index is 2.41. The molecule has 0 spiro atoms. The lowest BCUT2D eigenvalue weighted by molar-refractivity contribution is 0.691. The molecule has 2 nitrogen and oxygen atoms in total. The maximum Gasteiger partial charge on any atom is 0.0640 e. The molecule has 1 heterocycles. The molecule has 0 aliphatic rings. The predicted octanol–water partition coefficient (Wildman–Crippen LogP) is 3.04. The molecule has 1 N–H and O–H groups in total. The number of hydrogen-bond acceptors (Lipinski definition) is 2. The molecule has 0 amide bonds. The maximum atomic E-state index is 6.15. The number of benzene rings is 1. The van der Waals surface area contributed by atoms with Crippen LogP contribution in [-0.4, -0.2) is 12.0 Å². The lowest BCUT2D eigenvalue weighted by Crippen LogP contribution is -2.17. The zero-order valence-corrected chi connectivity index (χ0v) is 9.78. The van der Waals surface area contributed by atoms with Crippen LogP contribution in [0.1, 0.15) is 17.2 Å². The SMILES string of the molecule is CNC(c1ccccc1)c1ccncc1Cl. The van der Waals surface area contributed by atoms with Gasteiger partial charge in [-0.3, -0.25) is 4.98 Å². The van der Waals surface area contributed by atoms with Crippen molar-refractivity contribution >= 4 is 11.6 Å². The van der Waals surface area contributed by atoms with Crippen LogP contribution in [0.25, 0.3) is 0 Å². The van der Waals surface area contributed by atoms with Gasteiger partial charge in [-0.1, -0.05) is 41.9 Å². The number of nitrogens with one attached hydrogen (secondary N) is 1. The van der Waals surface area contributed by atoms with Crippen LogP contribution >= 0.6 is 11.6 Å². The third kappa shape index (κ3) is 2.23. The van der Waals surface area contributed by atoms with Crippen LogP contribution < -0.4 is 5.32 Å². The molecule has 0 fully saturated rings. The Labute approximate surface area is 100 Å². The monoisotopic (exact) mass is 232 g/mol. The van der Waals surface area contributed by atoms with E-state index < -0.39 is 0 Å². The molecule has 0 radical (unpaired) electrons. The molecule has 0 aliphatic carbocycles. The highest BCUT2D eigenvalue weighted by molar-refractivity contribution is 6.31. The van der Waals surface area contributed by atoms with E-state index in [2.05, 4.69) is 22.4 Å². The molecule has 16 heavy (non-hydrogen) atoms. The van der Waals surface area contributed by atoms with E-state index in [4.69, 9.17) is 11.6 Å². The molecule has 0 saturated heterocycles. The van der Waals surface area contributed by atoms with Crippen molar-refractivity contribution in [2.24, 2.45) is 0 Å². The summed E-state index contributed by atoms with van der Waals surface area (Å²) in [5.41, 5.74) is 2.24. The Hall–Kier alpha value is -1.38. The second kappa shape index (κ2) is 5.10. The second-order valence-electron chi connectivity index (χ2n) is 3.53. The largest absolute Gasteiger partial charge is 0.309 e. The average Bonchev–Trinajstić information content (AvgIpc) is 2.34. The predicted molar refractivity (Wildman–Crippen MR) is 66.6 cm³/mol. The summed E-state index contributed by atoms with van der Waals surface area (Å²) < 4.78 is 0. The van der Waals surface area contributed by atoms with Crippen LogP contribution in [0, 0.1) is 0 Å². The normalized spacial score (nSPS) is 12.4. The number of aromatic nitrogens is 1. The van der Waals surface area contributed by atoms with E-state index in [9.17, 15) is 0 Å². The lowest BCUT2D eigenvalue weighted by atomic mass is 10.00. The summed E-state index contributed by atoms with van der Waals surface area (Å²) in [7, 11) is 1.93. The molecular weight excluding hydrogens is 220 g/mol. The van der Waals surface area contributed by atoms with E-state index in [1.807, 2.05) is 31.3 Å². The van der Waals surface area contributed by atoms with E-state index in [-0.39, 0.29) is 6.04 Å².